The van der Waals surface area contributed by atoms with Gasteiger partial charge in [0.2, 0.25) is 0 Å². The van der Waals surface area contributed by atoms with E-state index in [1.807, 2.05) is 31.2 Å². The molecule has 1 aromatic heterocycles. The number of rotatable bonds is 3. The molecule has 0 aliphatic heterocycles. The maximum Gasteiger partial charge on any atom is 0.193 e. The van der Waals surface area contributed by atoms with Crippen LogP contribution in [0.5, 0.6) is 0 Å². The van der Waals surface area contributed by atoms with E-state index < -0.39 is 0 Å². The van der Waals surface area contributed by atoms with Crippen LogP contribution in [-0.2, 0) is 6.54 Å². The monoisotopic (exact) mass is 297 g/mol. The van der Waals surface area contributed by atoms with Gasteiger partial charge in [0.1, 0.15) is 11.4 Å². The average Bonchev–Trinajstić information content (AvgIpc) is 2.92. The fourth-order valence-electron chi connectivity index (χ4n) is 2.23. The molecular formula is C17H16FN3O. The molecule has 3 aromatic rings. The van der Waals surface area contributed by atoms with Gasteiger partial charge in [-0.1, -0.05) is 24.3 Å². The van der Waals surface area contributed by atoms with Crippen LogP contribution < -0.4 is 11.1 Å². The molecular weight excluding hydrogens is 281 g/mol. The highest BCUT2D eigenvalue weighted by molar-refractivity contribution is 5.93. The molecule has 0 atom stereocenters. The van der Waals surface area contributed by atoms with Gasteiger partial charge in [-0.05, 0) is 30.7 Å². The normalized spacial score (nSPS) is 11.8. The van der Waals surface area contributed by atoms with Gasteiger partial charge in [0.15, 0.2) is 5.96 Å². The van der Waals surface area contributed by atoms with Crippen LogP contribution in [0.15, 0.2) is 58.1 Å². The molecule has 0 radical (unpaired) electrons. The zero-order valence-corrected chi connectivity index (χ0v) is 12.1. The number of guanidine groups is 1. The molecule has 0 amide bonds. The maximum absolute atomic E-state index is 13.2. The Morgan fingerprint density at radius 2 is 2.09 bits per heavy atom. The number of furan rings is 1. The highest BCUT2D eigenvalue weighted by Crippen LogP contribution is 2.21. The first-order valence-electron chi connectivity index (χ1n) is 6.91. The molecule has 112 valence electrons. The zero-order chi connectivity index (χ0) is 15.5. The smallest absolute Gasteiger partial charge is 0.193 e. The molecule has 5 heteroatoms. The van der Waals surface area contributed by atoms with Gasteiger partial charge >= 0.3 is 0 Å². The number of nitrogens with one attached hydrogen (secondary N) is 1. The Labute approximate surface area is 127 Å². The molecule has 3 rings (SSSR count). The van der Waals surface area contributed by atoms with Crippen molar-refractivity contribution < 1.29 is 8.81 Å². The molecule has 0 spiro atoms. The van der Waals surface area contributed by atoms with E-state index in [-0.39, 0.29) is 11.8 Å². The van der Waals surface area contributed by atoms with Crippen molar-refractivity contribution in [3.05, 3.63) is 65.7 Å². The largest absolute Gasteiger partial charge is 0.464 e. The predicted octanol–water partition coefficient (Wildman–Crippen LogP) is 3.81. The van der Waals surface area contributed by atoms with Crippen molar-refractivity contribution in [1.82, 2.24) is 0 Å². The third-order valence-electron chi connectivity index (χ3n) is 3.44. The molecule has 2 aromatic carbocycles. The lowest BCUT2D eigenvalue weighted by molar-refractivity contribution is 0.610. The van der Waals surface area contributed by atoms with Crippen molar-refractivity contribution in [3.63, 3.8) is 0 Å². The van der Waals surface area contributed by atoms with Crippen LogP contribution >= 0.6 is 0 Å². The van der Waals surface area contributed by atoms with Crippen LogP contribution in [-0.4, -0.2) is 5.96 Å². The first kappa shape index (κ1) is 14.1. The zero-order valence-electron chi connectivity index (χ0n) is 12.1. The number of aryl methyl sites for hydroxylation is 1. The van der Waals surface area contributed by atoms with Crippen LogP contribution in [0.25, 0.3) is 11.0 Å². The summed E-state index contributed by atoms with van der Waals surface area (Å²) in [5, 5.41) is 3.93. The van der Waals surface area contributed by atoms with Crippen LogP contribution in [0.2, 0.25) is 0 Å². The number of hydrogen-bond acceptors (Lipinski definition) is 2. The maximum atomic E-state index is 13.2. The average molecular weight is 297 g/mol. The lowest BCUT2D eigenvalue weighted by Crippen LogP contribution is -2.23. The summed E-state index contributed by atoms with van der Waals surface area (Å²) in [6.07, 6.45) is 1.68. The lowest BCUT2D eigenvalue weighted by atomic mass is 10.2. The minimum atomic E-state index is -0.318. The topological polar surface area (TPSA) is 63.5 Å². The van der Waals surface area contributed by atoms with Crippen molar-refractivity contribution in [2.75, 3.05) is 5.32 Å². The highest BCUT2D eigenvalue weighted by Gasteiger charge is 2.05. The van der Waals surface area contributed by atoms with Crippen LogP contribution in [0, 0.1) is 12.7 Å². The highest BCUT2D eigenvalue weighted by atomic mass is 19.1. The number of benzene rings is 2. The molecule has 3 N–H and O–H groups in total. The Kier molecular flexibility index (Phi) is 3.78. The van der Waals surface area contributed by atoms with Gasteiger partial charge in [-0.25, -0.2) is 9.38 Å². The Bertz CT molecular complexity index is 839. The van der Waals surface area contributed by atoms with Gasteiger partial charge in [-0.3, -0.25) is 0 Å². The Balaban J connectivity index is 1.76. The molecule has 0 saturated carbocycles. The number of para-hydroxylation sites is 1. The molecule has 0 aliphatic rings. The standard InChI is InChI=1S/C17H16FN3O/c1-11-6-7-13(18)8-15(11)21-17(19)20-9-12-10-22-16-5-3-2-4-14(12)16/h2-8,10H,9H2,1H3,(H3,19,20,21). The van der Waals surface area contributed by atoms with Crippen LogP contribution in [0.1, 0.15) is 11.1 Å². The van der Waals surface area contributed by atoms with Gasteiger partial charge < -0.3 is 15.5 Å². The van der Waals surface area contributed by atoms with E-state index in [2.05, 4.69) is 10.3 Å². The summed E-state index contributed by atoms with van der Waals surface area (Å²) < 4.78 is 18.7. The SMILES string of the molecule is Cc1ccc(F)cc1NC(N)=NCc1coc2ccccc12. The van der Waals surface area contributed by atoms with E-state index in [9.17, 15) is 4.39 Å². The molecule has 0 bridgehead atoms. The summed E-state index contributed by atoms with van der Waals surface area (Å²) in [6, 6.07) is 12.2. The van der Waals surface area contributed by atoms with Crippen molar-refractivity contribution in [3.8, 4) is 0 Å². The molecule has 1 heterocycles. The van der Waals surface area contributed by atoms with Gasteiger partial charge in [-0.2, -0.15) is 0 Å². The van der Waals surface area contributed by atoms with Crippen molar-refractivity contribution in [2.24, 2.45) is 10.7 Å². The number of fused-ring (bicyclic) bond motifs is 1. The van der Waals surface area contributed by atoms with E-state index in [1.165, 1.54) is 12.1 Å². The van der Waals surface area contributed by atoms with Crippen molar-refractivity contribution in [1.29, 1.82) is 0 Å². The minimum absolute atomic E-state index is 0.235. The molecule has 0 aliphatic carbocycles. The number of nitrogens with zero attached hydrogens (tertiary/aromatic N) is 1. The van der Waals surface area contributed by atoms with E-state index in [0.717, 1.165) is 22.1 Å². The van der Waals surface area contributed by atoms with Gasteiger partial charge in [-0.15, -0.1) is 0 Å². The van der Waals surface area contributed by atoms with E-state index in [4.69, 9.17) is 10.2 Å². The van der Waals surface area contributed by atoms with E-state index in [1.54, 1.807) is 12.3 Å². The summed E-state index contributed by atoms with van der Waals surface area (Å²) in [4.78, 5) is 4.28. The number of nitrogens with two attached hydrogens (primary N) is 1. The number of hydrogen-bond donors (Lipinski definition) is 2. The van der Waals surface area contributed by atoms with Crippen molar-refractivity contribution >= 4 is 22.6 Å². The number of anilines is 1. The van der Waals surface area contributed by atoms with Crippen LogP contribution in [0.4, 0.5) is 10.1 Å². The summed E-state index contributed by atoms with van der Waals surface area (Å²) in [7, 11) is 0. The molecule has 0 fully saturated rings. The Morgan fingerprint density at radius 3 is 2.95 bits per heavy atom. The summed E-state index contributed by atoms with van der Waals surface area (Å²) in [6.45, 7) is 2.27. The molecule has 0 unspecified atom stereocenters. The lowest BCUT2D eigenvalue weighted by Gasteiger charge is -2.08. The first-order chi connectivity index (χ1) is 10.6. The van der Waals surface area contributed by atoms with E-state index in [0.29, 0.717) is 12.2 Å². The molecule has 22 heavy (non-hydrogen) atoms. The van der Waals surface area contributed by atoms with Gasteiger partial charge in [0.05, 0.1) is 12.8 Å². The van der Waals surface area contributed by atoms with Gasteiger partial charge in [0.25, 0.3) is 0 Å². The summed E-state index contributed by atoms with van der Waals surface area (Å²) in [5.41, 5.74) is 9.15. The van der Waals surface area contributed by atoms with Crippen molar-refractivity contribution in [2.45, 2.75) is 13.5 Å². The Hall–Kier alpha value is -2.82. The molecule has 4 nitrogen and oxygen atoms in total. The summed E-state index contributed by atoms with van der Waals surface area (Å²) >= 11 is 0. The predicted molar refractivity (Wildman–Crippen MR) is 86.3 cm³/mol. The van der Waals surface area contributed by atoms with E-state index >= 15 is 0 Å². The summed E-state index contributed by atoms with van der Waals surface area (Å²) in [5.74, 6) is -0.0827. The van der Waals surface area contributed by atoms with Gasteiger partial charge in [0, 0.05) is 16.6 Å². The third-order valence-corrected chi connectivity index (χ3v) is 3.44. The number of aliphatic imine (C=N–C) groups is 1. The number of halogens is 1. The third kappa shape index (κ3) is 2.93. The first-order valence-corrected chi connectivity index (χ1v) is 6.91. The Morgan fingerprint density at radius 1 is 1.27 bits per heavy atom. The fourth-order valence-corrected chi connectivity index (χ4v) is 2.23. The van der Waals surface area contributed by atoms with Crippen LogP contribution in [0.3, 0.4) is 0 Å². The molecule has 0 saturated heterocycles. The second-order valence-corrected chi connectivity index (χ2v) is 5.04. The second kappa shape index (κ2) is 5.89. The fraction of sp³-hybridized carbons (Fsp3) is 0.118. The second-order valence-electron chi connectivity index (χ2n) is 5.04. The minimum Gasteiger partial charge on any atom is -0.464 e. The quantitative estimate of drug-likeness (QED) is 0.571.